The maximum absolute atomic E-state index is 13.9. The van der Waals surface area contributed by atoms with E-state index >= 15 is 0 Å². The van der Waals surface area contributed by atoms with Crippen molar-refractivity contribution >= 4 is 11.6 Å². The number of fused-ring (bicyclic) bond motifs is 2. The van der Waals surface area contributed by atoms with Crippen LogP contribution in [0.5, 0.6) is 0 Å². The van der Waals surface area contributed by atoms with Crippen LogP contribution in [0.15, 0.2) is 66.0 Å². The summed E-state index contributed by atoms with van der Waals surface area (Å²) >= 11 is 0. The number of ether oxygens (including phenoxy) is 1. The zero-order valence-corrected chi connectivity index (χ0v) is 20.4. The minimum absolute atomic E-state index is 0.220. The van der Waals surface area contributed by atoms with Crippen molar-refractivity contribution in [3.8, 4) is 0 Å². The molecule has 2 aliphatic rings. The Kier molecular flexibility index (Phi) is 6.64. The first-order valence-corrected chi connectivity index (χ1v) is 12.0. The van der Waals surface area contributed by atoms with E-state index in [0.29, 0.717) is 23.4 Å². The van der Waals surface area contributed by atoms with Gasteiger partial charge in [-0.05, 0) is 48.2 Å². The van der Waals surface area contributed by atoms with Gasteiger partial charge in [-0.25, -0.2) is 13.8 Å². The summed E-state index contributed by atoms with van der Waals surface area (Å²) in [6, 6.07) is 13.5. The number of benzene rings is 2. The molecule has 3 heterocycles. The van der Waals surface area contributed by atoms with Crippen LogP contribution in [0.3, 0.4) is 0 Å². The fourth-order valence-electron chi connectivity index (χ4n) is 4.91. The zero-order chi connectivity index (χ0) is 25.3. The Morgan fingerprint density at radius 3 is 2.50 bits per heavy atom. The molecule has 3 aromatic rings. The van der Waals surface area contributed by atoms with E-state index in [9.17, 15) is 13.6 Å². The lowest BCUT2D eigenvalue weighted by molar-refractivity contribution is -0.127. The molecule has 0 saturated carbocycles. The lowest BCUT2D eigenvalue weighted by Gasteiger charge is -2.39. The fraction of sp³-hybridized carbons (Fsp3) is 0.321. The van der Waals surface area contributed by atoms with Crippen LogP contribution in [0, 0.1) is 11.6 Å². The molecule has 1 amide bonds. The van der Waals surface area contributed by atoms with E-state index in [0.717, 1.165) is 50.2 Å². The number of hydrazone groups is 1. The Morgan fingerprint density at radius 1 is 1.08 bits per heavy atom. The molecular weight excluding hydrogens is 462 g/mol. The second-order valence-corrected chi connectivity index (χ2v) is 9.41. The molecule has 0 atom stereocenters. The SMILES string of the molecule is CC(=O)N(C)/N=C(\c1ccc(CN2CCC3(CC2)OCc2ccncc23)cc1)c1ccc(F)c(F)c1. The fourth-order valence-corrected chi connectivity index (χ4v) is 4.91. The monoisotopic (exact) mass is 490 g/mol. The van der Waals surface area contributed by atoms with Gasteiger partial charge in [-0.2, -0.15) is 5.10 Å². The van der Waals surface area contributed by atoms with Crippen molar-refractivity contribution in [2.24, 2.45) is 5.10 Å². The molecule has 1 saturated heterocycles. The van der Waals surface area contributed by atoms with Crippen LogP contribution in [0.4, 0.5) is 8.78 Å². The second kappa shape index (κ2) is 9.87. The average Bonchev–Trinajstić information content (AvgIpc) is 3.24. The first-order valence-electron chi connectivity index (χ1n) is 12.0. The third-order valence-corrected chi connectivity index (χ3v) is 7.10. The van der Waals surface area contributed by atoms with Gasteiger partial charge < -0.3 is 4.74 Å². The number of likely N-dealkylation sites (tertiary alicyclic amines) is 1. The van der Waals surface area contributed by atoms with Crippen molar-refractivity contribution in [2.75, 3.05) is 20.1 Å². The van der Waals surface area contributed by atoms with E-state index in [-0.39, 0.29) is 11.5 Å². The second-order valence-electron chi connectivity index (χ2n) is 9.41. The van der Waals surface area contributed by atoms with Gasteiger partial charge in [0.2, 0.25) is 5.91 Å². The molecule has 0 unspecified atom stereocenters. The molecule has 5 rings (SSSR count). The van der Waals surface area contributed by atoms with Gasteiger partial charge in [-0.3, -0.25) is 14.7 Å². The molecule has 1 fully saturated rings. The van der Waals surface area contributed by atoms with Crippen molar-refractivity contribution in [1.82, 2.24) is 14.9 Å². The van der Waals surface area contributed by atoms with Gasteiger partial charge in [0, 0.05) is 62.7 Å². The third kappa shape index (κ3) is 4.79. The molecule has 2 aromatic carbocycles. The summed E-state index contributed by atoms with van der Waals surface area (Å²) in [5.41, 5.74) is 4.87. The molecule has 1 spiro atoms. The predicted molar refractivity (Wildman–Crippen MR) is 132 cm³/mol. The standard InChI is InChI=1S/C28H28F2N4O2/c1-19(35)33(2)32-27(22-7-8-25(29)26(30)15-22)21-5-3-20(4-6-21)17-34-13-10-28(11-14-34)24-16-31-12-9-23(24)18-36-28/h3-9,12,15-16H,10-11,13-14,17-18H2,1-2H3/b32-27+. The highest BCUT2D eigenvalue weighted by Crippen LogP contribution is 2.43. The molecule has 0 aliphatic carbocycles. The van der Waals surface area contributed by atoms with Crippen LogP contribution < -0.4 is 0 Å². The van der Waals surface area contributed by atoms with E-state index in [4.69, 9.17) is 4.74 Å². The predicted octanol–water partition coefficient (Wildman–Crippen LogP) is 4.61. The Labute approximate surface area is 209 Å². The van der Waals surface area contributed by atoms with Gasteiger partial charge in [0.05, 0.1) is 17.9 Å². The van der Waals surface area contributed by atoms with Gasteiger partial charge in [0.1, 0.15) is 0 Å². The van der Waals surface area contributed by atoms with Crippen molar-refractivity contribution in [3.05, 3.63) is 100 Å². The van der Waals surface area contributed by atoms with Gasteiger partial charge in [-0.1, -0.05) is 24.3 Å². The van der Waals surface area contributed by atoms with Crippen molar-refractivity contribution < 1.29 is 18.3 Å². The number of rotatable bonds is 5. The number of piperidine rings is 1. The Balaban J connectivity index is 1.30. The Hall–Kier alpha value is -3.49. The van der Waals surface area contributed by atoms with Crippen LogP contribution in [-0.4, -0.2) is 46.6 Å². The minimum atomic E-state index is -0.963. The molecule has 186 valence electrons. The van der Waals surface area contributed by atoms with E-state index in [1.807, 2.05) is 42.7 Å². The van der Waals surface area contributed by atoms with Gasteiger partial charge in [-0.15, -0.1) is 0 Å². The summed E-state index contributed by atoms with van der Waals surface area (Å²) < 4.78 is 33.7. The number of amides is 1. The van der Waals surface area contributed by atoms with E-state index in [1.165, 1.54) is 36.2 Å². The smallest absolute Gasteiger partial charge is 0.239 e. The molecule has 36 heavy (non-hydrogen) atoms. The highest BCUT2D eigenvalue weighted by Gasteiger charge is 2.42. The molecule has 8 heteroatoms. The van der Waals surface area contributed by atoms with E-state index in [1.54, 1.807) is 0 Å². The van der Waals surface area contributed by atoms with Gasteiger partial charge >= 0.3 is 0 Å². The molecule has 0 radical (unpaired) electrons. The number of hydrogen-bond acceptors (Lipinski definition) is 5. The maximum atomic E-state index is 13.9. The Morgan fingerprint density at radius 2 is 1.81 bits per heavy atom. The van der Waals surface area contributed by atoms with Crippen LogP contribution in [0.1, 0.15) is 47.6 Å². The molecule has 2 aliphatic heterocycles. The van der Waals surface area contributed by atoms with Crippen LogP contribution in [0.25, 0.3) is 0 Å². The van der Waals surface area contributed by atoms with Crippen LogP contribution in [0.2, 0.25) is 0 Å². The third-order valence-electron chi connectivity index (χ3n) is 7.10. The Bertz CT molecular complexity index is 1300. The van der Waals surface area contributed by atoms with Crippen LogP contribution >= 0.6 is 0 Å². The number of aromatic nitrogens is 1. The van der Waals surface area contributed by atoms with E-state index in [2.05, 4.69) is 15.0 Å². The zero-order valence-electron chi connectivity index (χ0n) is 20.4. The van der Waals surface area contributed by atoms with Gasteiger partial charge in [0.25, 0.3) is 0 Å². The normalized spacial score (nSPS) is 17.3. The molecule has 0 bridgehead atoms. The van der Waals surface area contributed by atoms with Crippen LogP contribution in [-0.2, 0) is 28.3 Å². The summed E-state index contributed by atoms with van der Waals surface area (Å²) in [7, 11) is 1.53. The highest BCUT2D eigenvalue weighted by molar-refractivity contribution is 6.13. The van der Waals surface area contributed by atoms with Crippen molar-refractivity contribution in [1.29, 1.82) is 0 Å². The molecule has 6 nitrogen and oxygen atoms in total. The summed E-state index contributed by atoms with van der Waals surface area (Å²) in [5.74, 6) is -2.16. The first-order chi connectivity index (χ1) is 17.3. The quantitative estimate of drug-likeness (QED) is 0.387. The number of hydrogen-bond donors (Lipinski definition) is 0. The lowest BCUT2D eigenvalue weighted by Crippen LogP contribution is -2.42. The van der Waals surface area contributed by atoms with E-state index < -0.39 is 11.6 Å². The minimum Gasteiger partial charge on any atom is -0.365 e. The van der Waals surface area contributed by atoms with Gasteiger partial charge in [0.15, 0.2) is 11.6 Å². The molecular formula is C28H28F2N4O2. The topological polar surface area (TPSA) is 58.0 Å². The van der Waals surface area contributed by atoms with Crippen molar-refractivity contribution in [2.45, 2.75) is 38.5 Å². The average molecular weight is 491 g/mol. The lowest BCUT2D eigenvalue weighted by atomic mass is 9.84. The highest BCUT2D eigenvalue weighted by atomic mass is 19.2. The first kappa shape index (κ1) is 24.2. The number of pyridine rings is 1. The maximum Gasteiger partial charge on any atom is 0.239 e. The number of carbonyl (C=O) groups excluding carboxylic acids is 1. The molecule has 1 aromatic heterocycles. The number of carbonyl (C=O) groups is 1. The molecule has 0 N–H and O–H groups in total. The largest absolute Gasteiger partial charge is 0.365 e. The summed E-state index contributed by atoms with van der Waals surface area (Å²) in [5, 5.41) is 5.56. The number of halogens is 2. The summed E-state index contributed by atoms with van der Waals surface area (Å²) in [4.78, 5) is 18.5. The van der Waals surface area contributed by atoms with Crippen molar-refractivity contribution in [3.63, 3.8) is 0 Å². The summed E-state index contributed by atoms with van der Waals surface area (Å²) in [6.07, 6.45) is 5.62. The number of nitrogens with zero attached hydrogens (tertiary/aromatic N) is 4. The summed E-state index contributed by atoms with van der Waals surface area (Å²) in [6.45, 7) is 4.67.